The lowest BCUT2D eigenvalue weighted by atomic mass is 10.6. The van der Waals surface area contributed by atoms with E-state index in [1.54, 1.807) is 0 Å². The zero-order valence-corrected chi connectivity index (χ0v) is 7.38. The van der Waals surface area contributed by atoms with Crippen LogP contribution in [0.5, 0.6) is 0 Å². The molecule has 0 saturated carbocycles. The van der Waals surface area contributed by atoms with Crippen LogP contribution in [0.2, 0.25) is 0 Å². The van der Waals surface area contributed by atoms with Gasteiger partial charge in [0, 0.05) is 10.8 Å². The second kappa shape index (κ2) is 6.36. The van der Waals surface area contributed by atoms with Gasteiger partial charge in [0.15, 0.2) is 9.84 Å². The fourth-order valence-corrected chi connectivity index (χ4v) is 0.204. The van der Waals surface area contributed by atoms with Gasteiger partial charge < -0.3 is 5.73 Å². The summed E-state index contributed by atoms with van der Waals surface area (Å²) in [5.41, 5.74) is 4.53. The largest absolute Gasteiger partial charge is 0.366 e. The molecule has 0 aliphatic heterocycles. The van der Waals surface area contributed by atoms with Crippen molar-refractivity contribution in [1.82, 2.24) is 0 Å². The fraction of sp³-hybridized carbons (Fsp3) is 0. The lowest BCUT2D eigenvalue weighted by Gasteiger charge is -1.78. The van der Waals surface area contributed by atoms with E-state index in [4.69, 9.17) is 0 Å². The van der Waals surface area contributed by atoms with Crippen molar-refractivity contribution in [2.24, 2.45) is 5.73 Å². The van der Waals surface area contributed by atoms with Crippen molar-refractivity contribution in [2.75, 3.05) is 0 Å². The molecule has 0 aliphatic rings. The van der Waals surface area contributed by atoms with Gasteiger partial charge in [-0.05, 0) is 6.08 Å². The first-order valence-corrected chi connectivity index (χ1v) is 4.42. The van der Waals surface area contributed by atoms with Crippen LogP contribution >= 0.6 is 0 Å². The third kappa shape index (κ3) is 11.4. The molecule has 0 aromatic rings. The number of carbonyl (C=O) groups excluding carboxylic acids is 1. The van der Waals surface area contributed by atoms with Crippen molar-refractivity contribution in [3.05, 3.63) is 36.6 Å². The Morgan fingerprint density at radius 1 is 1.17 bits per heavy atom. The molecule has 0 atom stereocenters. The van der Waals surface area contributed by atoms with E-state index in [2.05, 4.69) is 25.5 Å². The summed E-state index contributed by atoms with van der Waals surface area (Å²) >= 11 is 0. The number of nitrogens with two attached hydrogens (primary N) is 1. The van der Waals surface area contributed by atoms with Crippen LogP contribution in [0.15, 0.2) is 36.6 Å². The highest BCUT2D eigenvalue weighted by Gasteiger charge is 1.90. The quantitative estimate of drug-likeness (QED) is 0.650. The molecular weight excluding hydrogens is 178 g/mol. The molecule has 68 valence electrons. The highest BCUT2D eigenvalue weighted by molar-refractivity contribution is 7.97. The third-order valence-corrected chi connectivity index (χ3v) is 1.60. The van der Waals surface area contributed by atoms with Gasteiger partial charge in [0.2, 0.25) is 5.91 Å². The molecule has 0 radical (unpaired) electrons. The first kappa shape index (κ1) is 13.2. The summed E-state index contributed by atoms with van der Waals surface area (Å²) in [6, 6.07) is 0. The van der Waals surface area contributed by atoms with Crippen LogP contribution in [0, 0.1) is 0 Å². The van der Waals surface area contributed by atoms with E-state index in [1.807, 2.05) is 0 Å². The number of amides is 1. The van der Waals surface area contributed by atoms with Crippen LogP contribution < -0.4 is 5.73 Å². The van der Waals surface area contributed by atoms with E-state index in [9.17, 15) is 13.2 Å². The Bertz CT molecular complexity index is 263. The van der Waals surface area contributed by atoms with Crippen LogP contribution in [0.3, 0.4) is 0 Å². The van der Waals surface area contributed by atoms with Crippen molar-refractivity contribution in [3.8, 4) is 0 Å². The molecule has 0 saturated heterocycles. The Kier molecular flexibility index (Phi) is 7.02. The van der Waals surface area contributed by atoms with E-state index in [0.29, 0.717) is 0 Å². The second-order valence-corrected chi connectivity index (χ2v) is 3.37. The van der Waals surface area contributed by atoms with Crippen LogP contribution in [0.4, 0.5) is 0 Å². The summed E-state index contributed by atoms with van der Waals surface area (Å²) in [7, 11) is -3.13. The summed E-state index contributed by atoms with van der Waals surface area (Å²) in [6.07, 6.45) is 1.06. The Hall–Kier alpha value is -1.36. The monoisotopic (exact) mass is 189 g/mol. The maximum Gasteiger partial charge on any atom is 0.240 e. The summed E-state index contributed by atoms with van der Waals surface area (Å²) in [5, 5.41) is 1.69. The predicted molar refractivity (Wildman–Crippen MR) is 48.7 cm³/mol. The lowest BCUT2D eigenvalue weighted by Crippen LogP contribution is -2.04. The highest BCUT2D eigenvalue weighted by Crippen LogP contribution is 1.87. The molecule has 0 aliphatic carbocycles. The van der Waals surface area contributed by atoms with E-state index in [0.717, 1.165) is 16.9 Å². The Morgan fingerprint density at radius 3 is 1.42 bits per heavy atom. The van der Waals surface area contributed by atoms with Crippen LogP contribution in [-0.4, -0.2) is 14.3 Å². The number of rotatable bonds is 3. The lowest BCUT2D eigenvalue weighted by molar-refractivity contribution is -0.113. The van der Waals surface area contributed by atoms with E-state index in [-0.39, 0.29) is 0 Å². The molecule has 0 aromatic carbocycles. The maximum absolute atomic E-state index is 10.1. The third-order valence-electron chi connectivity index (χ3n) is 0.666. The van der Waals surface area contributed by atoms with Gasteiger partial charge in [-0.2, -0.15) is 0 Å². The number of hydrogen-bond acceptors (Lipinski definition) is 3. The molecule has 0 aromatic heterocycles. The standard InChI is InChI=1S/C4H6O2S.C3H5NO/c1-3-7(5,6)4-2;1-2-3(4)5/h3-4H,1-2H2;2H,1H2,(H2,4,5). The molecule has 2 N–H and O–H groups in total. The highest BCUT2D eigenvalue weighted by atomic mass is 32.2. The Labute approximate surface area is 72.0 Å². The normalized spacial score (nSPS) is 8.67. The van der Waals surface area contributed by atoms with Gasteiger partial charge in [-0.15, -0.1) is 0 Å². The van der Waals surface area contributed by atoms with E-state index >= 15 is 0 Å². The minimum atomic E-state index is -3.13. The zero-order chi connectivity index (χ0) is 10.2. The van der Waals surface area contributed by atoms with Gasteiger partial charge in [0.1, 0.15) is 0 Å². The van der Waals surface area contributed by atoms with Crippen molar-refractivity contribution in [3.63, 3.8) is 0 Å². The topological polar surface area (TPSA) is 77.2 Å². The Balaban J connectivity index is 0. The Morgan fingerprint density at radius 2 is 1.42 bits per heavy atom. The van der Waals surface area contributed by atoms with Crippen LogP contribution in [0.1, 0.15) is 0 Å². The first-order valence-electron chi connectivity index (χ1n) is 2.81. The number of hydrogen-bond donors (Lipinski definition) is 1. The molecule has 1 amide bonds. The molecule has 0 rings (SSSR count). The zero-order valence-electron chi connectivity index (χ0n) is 6.56. The fourth-order valence-electron chi connectivity index (χ4n) is 0.0680. The maximum atomic E-state index is 10.1. The summed E-state index contributed by atoms with van der Waals surface area (Å²) < 4.78 is 20.3. The average Bonchev–Trinajstić information content (AvgIpc) is 2.05. The van der Waals surface area contributed by atoms with Crippen molar-refractivity contribution >= 4 is 15.7 Å². The minimum absolute atomic E-state index is 0.481. The van der Waals surface area contributed by atoms with Gasteiger partial charge in [-0.1, -0.05) is 19.7 Å². The number of sulfone groups is 1. The second-order valence-electron chi connectivity index (χ2n) is 1.53. The number of primary amides is 1. The number of carbonyl (C=O) groups is 1. The minimum Gasteiger partial charge on any atom is -0.366 e. The first-order chi connectivity index (χ1) is 5.39. The molecule has 0 bridgehead atoms. The molecule has 5 heteroatoms. The molecular formula is C7H11NO3S. The summed E-state index contributed by atoms with van der Waals surface area (Å²) in [4.78, 5) is 9.47. The van der Waals surface area contributed by atoms with E-state index < -0.39 is 15.7 Å². The molecule has 0 fully saturated rings. The van der Waals surface area contributed by atoms with Gasteiger partial charge in [0.25, 0.3) is 0 Å². The SMILES string of the molecule is C=CC(N)=O.C=CS(=O)(=O)C=C. The van der Waals surface area contributed by atoms with Crippen LogP contribution in [0.25, 0.3) is 0 Å². The van der Waals surface area contributed by atoms with Gasteiger partial charge in [0.05, 0.1) is 0 Å². The van der Waals surface area contributed by atoms with Crippen LogP contribution in [-0.2, 0) is 14.6 Å². The predicted octanol–water partition coefficient (Wildman–Crippen LogP) is 0.346. The van der Waals surface area contributed by atoms with Gasteiger partial charge >= 0.3 is 0 Å². The van der Waals surface area contributed by atoms with Gasteiger partial charge in [-0.3, -0.25) is 4.79 Å². The van der Waals surface area contributed by atoms with E-state index in [1.165, 1.54) is 0 Å². The molecule has 0 heterocycles. The molecule has 12 heavy (non-hydrogen) atoms. The summed E-state index contributed by atoms with van der Waals surface area (Å²) in [6.45, 7) is 9.17. The molecule has 4 nitrogen and oxygen atoms in total. The average molecular weight is 189 g/mol. The summed E-state index contributed by atoms with van der Waals surface area (Å²) in [5.74, 6) is -0.481. The van der Waals surface area contributed by atoms with Crippen molar-refractivity contribution < 1.29 is 13.2 Å². The molecule has 0 unspecified atom stereocenters. The van der Waals surface area contributed by atoms with Crippen molar-refractivity contribution in [1.29, 1.82) is 0 Å². The van der Waals surface area contributed by atoms with Gasteiger partial charge in [-0.25, -0.2) is 8.42 Å². The smallest absolute Gasteiger partial charge is 0.240 e. The molecule has 0 spiro atoms. The van der Waals surface area contributed by atoms with Crippen molar-refractivity contribution in [2.45, 2.75) is 0 Å².